The summed E-state index contributed by atoms with van der Waals surface area (Å²) in [7, 11) is -4.59. The molecule has 5 nitrogen and oxygen atoms in total. The predicted octanol–water partition coefficient (Wildman–Crippen LogP) is -2.62. The summed E-state index contributed by atoms with van der Waals surface area (Å²) in [6.45, 7) is 0. The van der Waals surface area contributed by atoms with Crippen LogP contribution in [0.4, 0.5) is 0 Å². The van der Waals surface area contributed by atoms with E-state index in [1.807, 2.05) is 0 Å². The van der Waals surface area contributed by atoms with Gasteiger partial charge in [-0.3, -0.25) is 4.55 Å². The molecule has 0 aliphatic heterocycles. The van der Waals surface area contributed by atoms with Crippen molar-refractivity contribution in [3.63, 3.8) is 0 Å². The first-order valence-corrected chi connectivity index (χ1v) is 4.22. The van der Waals surface area contributed by atoms with Gasteiger partial charge in [0.25, 0.3) is 0 Å². The molecule has 0 aromatic heterocycles. The molecule has 0 bridgehead atoms. The molecule has 0 atom stereocenters. The molecule has 1 rings (SSSR count). The molecule has 1 aromatic rings. The fourth-order valence-electron chi connectivity index (χ4n) is 0.585. The van der Waals surface area contributed by atoms with Gasteiger partial charge in [-0.2, -0.15) is 20.6 Å². The second-order valence-electron chi connectivity index (χ2n) is 1.90. The first kappa shape index (κ1) is 12.3. The summed E-state index contributed by atoms with van der Waals surface area (Å²) in [4.78, 5) is 0. The van der Waals surface area contributed by atoms with Crippen molar-refractivity contribution in [3.05, 3.63) is 24.3 Å². The van der Waals surface area contributed by atoms with Gasteiger partial charge in [-0.25, -0.2) is 0 Å². The molecule has 0 heterocycles. The Hall–Kier alpha value is -0.673. The molecule has 2 N–H and O–H groups in total. The molecular formula is C6H5LiO5S. The summed E-state index contributed by atoms with van der Waals surface area (Å²) in [6.07, 6.45) is 0. The Bertz CT molecular complexity index is 374. The van der Waals surface area contributed by atoms with Gasteiger partial charge in [0.2, 0.25) is 0 Å². The van der Waals surface area contributed by atoms with Gasteiger partial charge in [-0.1, -0.05) is 0 Å². The van der Waals surface area contributed by atoms with E-state index in [4.69, 9.17) is 9.66 Å². The second kappa shape index (κ2) is 4.53. The molecule has 0 fully saturated rings. The molecule has 7 heteroatoms. The average molecular weight is 196 g/mol. The molecule has 13 heavy (non-hydrogen) atoms. The van der Waals surface area contributed by atoms with Crippen molar-refractivity contribution < 1.29 is 41.1 Å². The Labute approximate surface area is 87.5 Å². The zero-order chi connectivity index (χ0) is 9.19. The van der Waals surface area contributed by atoms with Crippen molar-refractivity contribution in [1.29, 1.82) is 0 Å². The largest absolute Gasteiger partial charge is 1.00 e. The number of benzene rings is 1. The maximum atomic E-state index is 10.2. The van der Waals surface area contributed by atoms with Crippen molar-refractivity contribution in [1.82, 2.24) is 0 Å². The topological polar surface area (TPSA) is 83.8 Å². The Balaban J connectivity index is 0.00000144. The zero-order valence-electron chi connectivity index (χ0n) is 6.76. The minimum atomic E-state index is -4.59. The van der Waals surface area contributed by atoms with Gasteiger partial charge in [0, 0.05) is 5.75 Å². The molecule has 0 unspecified atom stereocenters. The molecule has 0 aliphatic carbocycles. The zero-order valence-corrected chi connectivity index (χ0v) is 7.58. The van der Waals surface area contributed by atoms with Crippen LogP contribution in [0.3, 0.4) is 0 Å². The summed E-state index contributed by atoms with van der Waals surface area (Å²) >= 11 is 0. The van der Waals surface area contributed by atoms with Crippen molar-refractivity contribution in [3.8, 4) is 11.5 Å². The quantitative estimate of drug-likeness (QED) is 0.307. The van der Waals surface area contributed by atoms with Crippen LogP contribution in [0.2, 0.25) is 0 Å². The van der Waals surface area contributed by atoms with Gasteiger partial charge < -0.3 is 9.29 Å². The summed E-state index contributed by atoms with van der Waals surface area (Å²) in [6, 6.07) is 6.26. The maximum absolute atomic E-state index is 10.2. The van der Waals surface area contributed by atoms with E-state index < -0.39 is 21.9 Å². The Morgan fingerprint density at radius 3 is 2.54 bits per heavy atom. The van der Waals surface area contributed by atoms with Crippen LogP contribution in [0.15, 0.2) is 18.2 Å². The van der Waals surface area contributed by atoms with E-state index in [1.165, 1.54) is 18.2 Å². The molecule has 0 amide bonds. The van der Waals surface area contributed by atoms with Crippen LogP contribution in [0.1, 0.15) is 0 Å². The first-order chi connectivity index (χ1) is 5.49. The number of phenols is 1. The van der Waals surface area contributed by atoms with Crippen molar-refractivity contribution >= 4 is 10.4 Å². The van der Waals surface area contributed by atoms with Crippen molar-refractivity contribution in [2.75, 3.05) is 0 Å². The molecule has 0 saturated carbocycles. The van der Waals surface area contributed by atoms with Crippen LogP contribution in [0.5, 0.6) is 11.5 Å². The van der Waals surface area contributed by atoms with Crippen LogP contribution in [0, 0.1) is 6.07 Å². The third kappa shape index (κ3) is 4.19. The Morgan fingerprint density at radius 1 is 1.46 bits per heavy atom. The van der Waals surface area contributed by atoms with Crippen LogP contribution in [-0.4, -0.2) is 18.1 Å². The van der Waals surface area contributed by atoms with E-state index in [9.17, 15) is 8.42 Å². The molecule has 0 saturated heterocycles. The minimum Gasteiger partial charge on any atom is -0.562 e. The fraction of sp³-hybridized carbons (Fsp3) is 0. The van der Waals surface area contributed by atoms with E-state index >= 15 is 0 Å². The van der Waals surface area contributed by atoms with E-state index in [0.29, 0.717) is 0 Å². The smallest absolute Gasteiger partial charge is 0.562 e. The number of aromatic hydroxyl groups is 1. The molecule has 0 spiro atoms. The number of hydrogen-bond donors (Lipinski definition) is 2. The first-order valence-electron chi connectivity index (χ1n) is 2.85. The Morgan fingerprint density at radius 2 is 2.08 bits per heavy atom. The molecular weight excluding hydrogens is 191 g/mol. The van der Waals surface area contributed by atoms with E-state index in [1.54, 1.807) is 0 Å². The van der Waals surface area contributed by atoms with Gasteiger partial charge in [-0.15, -0.1) is 12.1 Å². The molecule has 0 aliphatic rings. The summed E-state index contributed by atoms with van der Waals surface area (Å²) in [5.74, 6) is -0.838. The van der Waals surface area contributed by atoms with Crippen LogP contribution >= 0.6 is 0 Å². The van der Waals surface area contributed by atoms with Crippen LogP contribution in [0.25, 0.3) is 0 Å². The number of phenolic OH excluding ortho intramolecular Hbond substituents is 1. The second-order valence-corrected chi connectivity index (χ2v) is 2.92. The van der Waals surface area contributed by atoms with Crippen LogP contribution in [-0.2, 0) is 10.4 Å². The summed E-state index contributed by atoms with van der Waals surface area (Å²) < 4.78 is 32.5. The van der Waals surface area contributed by atoms with Gasteiger partial charge in [0.15, 0.2) is 0 Å². The van der Waals surface area contributed by atoms with Gasteiger partial charge in [-0.05, 0) is 0 Å². The average Bonchev–Trinajstić information content (AvgIpc) is 1.91. The molecule has 0 radical (unpaired) electrons. The van der Waals surface area contributed by atoms with Gasteiger partial charge in [0.05, 0.1) is 5.75 Å². The number of rotatable bonds is 2. The fourth-order valence-corrected chi connectivity index (χ4v) is 0.929. The summed E-state index contributed by atoms with van der Waals surface area (Å²) in [5, 5.41) is 8.94. The van der Waals surface area contributed by atoms with Crippen molar-refractivity contribution in [2.45, 2.75) is 0 Å². The third-order valence-corrected chi connectivity index (χ3v) is 1.36. The van der Waals surface area contributed by atoms with Crippen LogP contribution < -0.4 is 23.0 Å². The standard InChI is InChI=1S/C6H5O5S.Li/c7-5-3-1-2-4-6(5)11-12(8,9)10;/h1-3,7H,(H,8,9,10);/q-1;+1. The van der Waals surface area contributed by atoms with E-state index in [2.05, 4.69) is 10.2 Å². The minimum absolute atomic E-state index is 0. The number of para-hydroxylation sites is 1. The molecule has 1 aromatic carbocycles. The number of hydrogen-bond acceptors (Lipinski definition) is 4. The normalized spacial score (nSPS) is 10.2. The van der Waals surface area contributed by atoms with Gasteiger partial charge in [0.1, 0.15) is 0 Å². The summed E-state index contributed by atoms with van der Waals surface area (Å²) in [5.41, 5.74) is 0. The Kier molecular flexibility index (Phi) is 4.30. The van der Waals surface area contributed by atoms with E-state index in [0.717, 1.165) is 0 Å². The maximum Gasteiger partial charge on any atom is 1.00 e. The van der Waals surface area contributed by atoms with Crippen molar-refractivity contribution in [2.24, 2.45) is 0 Å². The monoisotopic (exact) mass is 196 g/mol. The SMILES string of the molecule is O=S(=O)(O)Oc1[c-]cccc1O.[Li+]. The van der Waals surface area contributed by atoms with Gasteiger partial charge >= 0.3 is 29.3 Å². The molecule has 66 valence electrons. The third-order valence-electron chi connectivity index (χ3n) is 0.986. The van der Waals surface area contributed by atoms with E-state index in [-0.39, 0.29) is 18.9 Å². The predicted molar refractivity (Wildman–Crippen MR) is 39.1 cm³/mol.